The van der Waals surface area contributed by atoms with Crippen molar-refractivity contribution in [2.75, 3.05) is 0 Å². The molecule has 0 radical (unpaired) electrons. The van der Waals surface area contributed by atoms with Crippen molar-refractivity contribution >= 4 is 11.0 Å². The molecule has 0 aliphatic heterocycles. The molecule has 0 aliphatic carbocycles. The van der Waals surface area contributed by atoms with Gasteiger partial charge in [0.25, 0.3) is 0 Å². The summed E-state index contributed by atoms with van der Waals surface area (Å²) in [7, 11) is 0. The highest BCUT2D eigenvalue weighted by Crippen LogP contribution is 2.22. The molecule has 0 saturated carbocycles. The Balaban J connectivity index is 2.08. The Morgan fingerprint density at radius 3 is 1.83 bits per heavy atom. The van der Waals surface area contributed by atoms with Gasteiger partial charge in [-0.25, -0.2) is 19.9 Å². The van der Waals surface area contributed by atoms with Crippen molar-refractivity contribution in [2.24, 2.45) is 0 Å². The molecule has 6 nitrogen and oxygen atoms in total. The predicted octanol–water partition coefficient (Wildman–Crippen LogP) is 2.93. The molecule has 3 heterocycles. The molecular weight excluding hydrogens is 288 g/mol. The lowest BCUT2D eigenvalue weighted by Gasteiger charge is -2.13. The third-order valence-corrected chi connectivity index (χ3v) is 3.89. The van der Waals surface area contributed by atoms with Crippen LogP contribution in [0.3, 0.4) is 0 Å². The van der Waals surface area contributed by atoms with Crippen LogP contribution in [-0.2, 0) is 0 Å². The van der Waals surface area contributed by atoms with Crippen LogP contribution in [0.5, 0.6) is 0 Å². The fourth-order valence-electron chi connectivity index (χ4n) is 2.67. The minimum Gasteiger partial charge on any atom is -0.285 e. The molecule has 4 rings (SSSR count). The van der Waals surface area contributed by atoms with Gasteiger partial charge in [0.05, 0.1) is 11.0 Å². The lowest BCUT2D eigenvalue weighted by Crippen LogP contribution is -2.10. The average molecular weight is 304 g/mol. The molecule has 6 heteroatoms. The van der Waals surface area contributed by atoms with Crippen LogP contribution in [0.15, 0.2) is 43.0 Å². The van der Waals surface area contributed by atoms with E-state index < -0.39 is 0 Å². The van der Waals surface area contributed by atoms with Crippen LogP contribution in [0.1, 0.15) is 17.2 Å². The van der Waals surface area contributed by atoms with E-state index in [0.717, 1.165) is 39.9 Å². The van der Waals surface area contributed by atoms with E-state index in [9.17, 15) is 0 Å². The summed E-state index contributed by atoms with van der Waals surface area (Å²) in [4.78, 5) is 18.3. The van der Waals surface area contributed by atoms with Crippen molar-refractivity contribution in [1.29, 1.82) is 0 Å². The van der Waals surface area contributed by atoms with E-state index in [2.05, 4.69) is 16.9 Å². The number of hydrogen-bond acceptors (Lipinski definition) is 4. The van der Waals surface area contributed by atoms with Crippen molar-refractivity contribution in [2.45, 2.75) is 20.8 Å². The summed E-state index contributed by atoms with van der Waals surface area (Å²) < 4.78 is 3.89. The highest BCUT2D eigenvalue weighted by molar-refractivity contribution is 5.77. The molecule has 0 atom stereocenters. The van der Waals surface area contributed by atoms with Gasteiger partial charge in [0.15, 0.2) is 11.6 Å². The first kappa shape index (κ1) is 13.6. The average Bonchev–Trinajstić information content (AvgIpc) is 3.14. The molecule has 0 spiro atoms. The SMILES string of the molecule is Cc1ccc2nc(-n3ccnc3C)c(-n3ccnc3C)nc2c1. The van der Waals surface area contributed by atoms with Crippen LogP contribution in [0.25, 0.3) is 22.7 Å². The molecule has 0 fully saturated rings. The maximum atomic E-state index is 4.85. The molecular formula is C17H16N6. The number of imidazole rings is 2. The number of nitrogens with zero attached hydrogens (tertiary/aromatic N) is 6. The third kappa shape index (κ3) is 2.19. The summed E-state index contributed by atoms with van der Waals surface area (Å²) >= 11 is 0. The summed E-state index contributed by atoms with van der Waals surface area (Å²) in [5.41, 5.74) is 2.89. The largest absolute Gasteiger partial charge is 0.285 e. The number of benzene rings is 1. The molecule has 3 aromatic heterocycles. The van der Waals surface area contributed by atoms with Gasteiger partial charge in [0.2, 0.25) is 0 Å². The van der Waals surface area contributed by atoms with Gasteiger partial charge in [0, 0.05) is 24.8 Å². The van der Waals surface area contributed by atoms with E-state index in [0.29, 0.717) is 0 Å². The Bertz CT molecular complexity index is 1010. The van der Waals surface area contributed by atoms with Gasteiger partial charge in [-0.1, -0.05) is 6.07 Å². The molecule has 0 saturated heterocycles. The monoisotopic (exact) mass is 304 g/mol. The maximum Gasteiger partial charge on any atom is 0.183 e. The Labute approximate surface area is 133 Å². The number of rotatable bonds is 2. The number of hydrogen-bond donors (Lipinski definition) is 0. The van der Waals surface area contributed by atoms with Gasteiger partial charge < -0.3 is 0 Å². The van der Waals surface area contributed by atoms with E-state index in [1.165, 1.54) is 0 Å². The second-order valence-corrected chi connectivity index (χ2v) is 5.55. The van der Waals surface area contributed by atoms with Crippen molar-refractivity contribution in [1.82, 2.24) is 29.1 Å². The van der Waals surface area contributed by atoms with E-state index in [1.54, 1.807) is 12.4 Å². The maximum absolute atomic E-state index is 4.85. The van der Waals surface area contributed by atoms with E-state index in [4.69, 9.17) is 9.97 Å². The van der Waals surface area contributed by atoms with Crippen LogP contribution < -0.4 is 0 Å². The summed E-state index contributed by atoms with van der Waals surface area (Å²) in [6, 6.07) is 6.09. The second kappa shape index (κ2) is 5.01. The van der Waals surface area contributed by atoms with E-state index >= 15 is 0 Å². The zero-order chi connectivity index (χ0) is 16.0. The molecule has 0 aliphatic rings. The third-order valence-electron chi connectivity index (χ3n) is 3.89. The van der Waals surface area contributed by atoms with Gasteiger partial charge in [-0.15, -0.1) is 0 Å². The quantitative estimate of drug-likeness (QED) is 0.571. The Morgan fingerprint density at radius 1 is 0.739 bits per heavy atom. The molecule has 23 heavy (non-hydrogen) atoms. The standard InChI is InChI=1S/C17H16N6/c1-11-4-5-14-15(10-11)21-17(23-9-7-19-13(23)3)16(20-14)22-8-6-18-12(22)2/h4-10H,1-3H3. The van der Waals surface area contributed by atoms with Gasteiger partial charge in [-0.3, -0.25) is 9.13 Å². The minimum atomic E-state index is 0.748. The number of aromatic nitrogens is 6. The normalized spacial score (nSPS) is 11.3. The van der Waals surface area contributed by atoms with Crippen LogP contribution in [0.4, 0.5) is 0 Å². The molecule has 114 valence electrons. The molecule has 0 N–H and O–H groups in total. The lowest BCUT2D eigenvalue weighted by molar-refractivity contribution is 0.866. The van der Waals surface area contributed by atoms with Crippen LogP contribution >= 0.6 is 0 Å². The van der Waals surface area contributed by atoms with E-state index in [-0.39, 0.29) is 0 Å². The molecule has 1 aromatic carbocycles. The fourth-order valence-corrected chi connectivity index (χ4v) is 2.67. The van der Waals surface area contributed by atoms with Crippen molar-refractivity contribution < 1.29 is 0 Å². The Morgan fingerprint density at radius 2 is 1.30 bits per heavy atom. The molecule has 0 unspecified atom stereocenters. The van der Waals surface area contributed by atoms with Crippen molar-refractivity contribution in [3.05, 3.63) is 60.2 Å². The summed E-state index contributed by atoms with van der Waals surface area (Å²) in [6.45, 7) is 5.95. The molecule has 4 aromatic rings. The topological polar surface area (TPSA) is 61.4 Å². The van der Waals surface area contributed by atoms with Crippen molar-refractivity contribution in [3.8, 4) is 11.6 Å². The first-order chi connectivity index (χ1) is 11.1. The summed E-state index contributed by atoms with van der Waals surface area (Å²) in [6.07, 6.45) is 7.33. The van der Waals surface area contributed by atoms with Gasteiger partial charge in [0.1, 0.15) is 11.6 Å². The summed E-state index contributed by atoms with van der Waals surface area (Å²) in [5.74, 6) is 3.23. The Kier molecular flexibility index (Phi) is 2.97. The lowest BCUT2D eigenvalue weighted by atomic mass is 10.2. The number of aryl methyl sites for hydroxylation is 3. The zero-order valence-electron chi connectivity index (χ0n) is 13.2. The molecule has 0 bridgehead atoms. The minimum absolute atomic E-state index is 0.748. The smallest absolute Gasteiger partial charge is 0.183 e. The highest BCUT2D eigenvalue weighted by atomic mass is 15.2. The predicted molar refractivity (Wildman–Crippen MR) is 88.0 cm³/mol. The number of fused-ring (bicyclic) bond motifs is 1. The first-order valence-corrected chi connectivity index (χ1v) is 7.42. The summed E-state index contributed by atoms with van der Waals surface area (Å²) in [5, 5.41) is 0. The fraction of sp³-hybridized carbons (Fsp3) is 0.176. The Hall–Kier alpha value is -3.02. The van der Waals surface area contributed by atoms with Crippen LogP contribution in [0, 0.1) is 20.8 Å². The van der Waals surface area contributed by atoms with Gasteiger partial charge in [-0.05, 0) is 38.5 Å². The molecule has 0 amide bonds. The van der Waals surface area contributed by atoms with E-state index in [1.807, 2.05) is 53.6 Å². The highest BCUT2D eigenvalue weighted by Gasteiger charge is 2.15. The second-order valence-electron chi connectivity index (χ2n) is 5.55. The van der Waals surface area contributed by atoms with Gasteiger partial charge >= 0.3 is 0 Å². The van der Waals surface area contributed by atoms with Gasteiger partial charge in [-0.2, -0.15) is 0 Å². The van der Waals surface area contributed by atoms with Crippen LogP contribution in [-0.4, -0.2) is 29.1 Å². The first-order valence-electron chi connectivity index (χ1n) is 7.42. The van der Waals surface area contributed by atoms with Crippen LogP contribution in [0.2, 0.25) is 0 Å². The van der Waals surface area contributed by atoms with Crippen molar-refractivity contribution in [3.63, 3.8) is 0 Å². The zero-order valence-corrected chi connectivity index (χ0v) is 13.2.